The van der Waals surface area contributed by atoms with Crippen LogP contribution < -0.4 is 15.4 Å². The molecule has 0 aliphatic carbocycles. The molecule has 140 valence electrons. The zero-order valence-corrected chi connectivity index (χ0v) is 15.4. The quantitative estimate of drug-likeness (QED) is 0.688. The van der Waals surface area contributed by atoms with Crippen molar-refractivity contribution in [3.63, 3.8) is 0 Å². The molecule has 28 heavy (non-hydrogen) atoms. The number of anilines is 2. The Balaban J connectivity index is 1.45. The number of ether oxygens (including phenoxy) is 1. The molecule has 0 saturated heterocycles. The van der Waals surface area contributed by atoms with Gasteiger partial charge >= 0.3 is 0 Å². The van der Waals surface area contributed by atoms with Crippen molar-refractivity contribution < 1.29 is 14.3 Å². The van der Waals surface area contributed by atoms with Crippen LogP contribution in [0.5, 0.6) is 11.5 Å². The van der Waals surface area contributed by atoms with Gasteiger partial charge in [0.15, 0.2) is 0 Å². The zero-order valence-electron chi connectivity index (χ0n) is 15.4. The Labute approximate surface area is 163 Å². The topological polar surface area (TPSA) is 67.4 Å². The average Bonchev–Trinajstić information content (AvgIpc) is 2.70. The molecule has 2 amide bonds. The van der Waals surface area contributed by atoms with Gasteiger partial charge in [0.1, 0.15) is 11.5 Å². The molecule has 0 fully saturated rings. The first-order valence-corrected chi connectivity index (χ1v) is 9.13. The smallest absolute Gasteiger partial charge is 0.232 e. The van der Waals surface area contributed by atoms with Crippen LogP contribution in [0.15, 0.2) is 72.8 Å². The summed E-state index contributed by atoms with van der Waals surface area (Å²) in [6, 6.07) is 22.4. The van der Waals surface area contributed by atoms with Crippen molar-refractivity contribution in [2.24, 2.45) is 0 Å². The van der Waals surface area contributed by atoms with E-state index in [1.807, 2.05) is 55.5 Å². The molecule has 1 heterocycles. The second-order valence-corrected chi connectivity index (χ2v) is 6.82. The summed E-state index contributed by atoms with van der Waals surface area (Å²) in [6.45, 7) is 2.02. The van der Waals surface area contributed by atoms with Crippen LogP contribution in [0.4, 0.5) is 11.4 Å². The number of amides is 2. The summed E-state index contributed by atoms with van der Waals surface area (Å²) in [5.74, 6) is 0.583. The molecular formula is C23H20N2O3. The Morgan fingerprint density at radius 2 is 1.61 bits per heavy atom. The minimum atomic E-state index is -0.506. The first-order chi connectivity index (χ1) is 13.6. The van der Waals surface area contributed by atoms with Crippen molar-refractivity contribution in [2.75, 3.05) is 10.6 Å². The molecule has 4 rings (SSSR count). The Hall–Kier alpha value is -3.60. The van der Waals surface area contributed by atoms with Crippen molar-refractivity contribution in [3.05, 3.63) is 83.9 Å². The number of hydrogen-bond acceptors (Lipinski definition) is 3. The average molecular weight is 372 g/mol. The van der Waals surface area contributed by atoms with Crippen molar-refractivity contribution >= 4 is 23.2 Å². The van der Waals surface area contributed by atoms with Gasteiger partial charge in [-0.05, 0) is 55.0 Å². The molecule has 3 aromatic carbocycles. The number of aryl methyl sites for hydroxylation is 1. The van der Waals surface area contributed by atoms with E-state index in [0.29, 0.717) is 17.1 Å². The molecule has 0 saturated carbocycles. The van der Waals surface area contributed by atoms with Crippen LogP contribution in [0, 0.1) is 6.92 Å². The minimum absolute atomic E-state index is 0.136. The van der Waals surface area contributed by atoms with Gasteiger partial charge in [0.05, 0.1) is 5.92 Å². The first kappa shape index (κ1) is 17.8. The van der Waals surface area contributed by atoms with Gasteiger partial charge in [-0.1, -0.05) is 35.9 Å². The van der Waals surface area contributed by atoms with Crippen molar-refractivity contribution in [2.45, 2.75) is 19.3 Å². The summed E-state index contributed by atoms with van der Waals surface area (Å²) >= 11 is 0. The van der Waals surface area contributed by atoms with Crippen LogP contribution in [0.3, 0.4) is 0 Å². The van der Waals surface area contributed by atoms with Gasteiger partial charge in [-0.15, -0.1) is 0 Å². The van der Waals surface area contributed by atoms with Gasteiger partial charge in [-0.25, -0.2) is 0 Å². The molecular weight excluding hydrogens is 352 g/mol. The molecule has 2 N–H and O–H groups in total. The van der Waals surface area contributed by atoms with Gasteiger partial charge in [0.25, 0.3) is 0 Å². The summed E-state index contributed by atoms with van der Waals surface area (Å²) in [6.07, 6.45) is 0.136. The Kier molecular flexibility index (Phi) is 4.81. The lowest BCUT2D eigenvalue weighted by Crippen LogP contribution is -2.30. The zero-order chi connectivity index (χ0) is 19.5. The third-order valence-electron chi connectivity index (χ3n) is 4.69. The van der Waals surface area contributed by atoms with Crippen LogP contribution in [-0.4, -0.2) is 11.8 Å². The number of rotatable bonds is 4. The van der Waals surface area contributed by atoms with E-state index in [1.54, 1.807) is 24.3 Å². The summed E-state index contributed by atoms with van der Waals surface area (Å²) in [5, 5.41) is 5.70. The van der Waals surface area contributed by atoms with E-state index >= 15 is 0 Å². The predicted octanol–water partition coefficient (Wildman–Crippen LogP) is 4.85. The van der Waals surface area contributed by atoms with Crippen molar-refractivity contribution in [1.29, 1.82) is 0 Å². The van der Waals surface area contributed by atoms with Gasteiger partial charge in [0, 0.05) is 17.8 Å². The second-order valence-electron chi connectivity index (χ2n) is 6.82. The lowest BCUT2D eigenvalue weighted by atomic mass is 9.90. The number of nitrogens with one attached hydrogen (secondary N) is 2. The molecule has 1 aliphatic heterocycles. The summed E-state index contributed by atoms with van der Waals surface area (Å²) in [7, 11) is 0. The summed E-state index contributed by atoms with van der Waals surface area (Å²) in [4.78, 5) is 24.7. The lowest BCUT2D eigenvalue weighted by Gasteiger charge is -2.24. The van der Waals surface area contributed by atoms with Crippen LogP contribution in [0.25, 0.3) is 0 Å². The Bertz CT molecular complexity index is 1010. The highest BCUT2D eigenvalue weighted by Gasteiger charge is 2.30. The largest absolute Gasteiger partial charge is 0.457 e. The van der Waals surface area contributed by atoms with Gasteiger partial charge in [-0.2, -0.15) is 0 Å². The van der Waals surface area contributed by atoms with Gasteiger partial charge in [-0.3, -0.25) is 9.59 Å². The van der Waals surface area contributed by atoms with Crippen LogP contribution in [-0.2, 0) is 9.59 Å². The standard InChI is InChI=1S/C23H20N2O3/c1-15-6-10-17(11-7-15)28-18-12-8-16(9-13-18)24-23(27)20-14-22(26)25-21-5-3-2-4-19(20)21/h2-13,20H,14H2,1H3,(H,24,27)(H,25,26)/t20-/m1/s1. The maximum Gasteiger partial charge on any atom is 0.232 e. The van der Waals surface area contributed by atoms with Crippen LogP contribution in [0.2, 0.25) is 0 Å². The summed E-state index contributed by atoms with van der Waals surface area (Å²) < 4.78 is 5.80. The highest BCUT2D eigenvalue weighted by Crippen LogP contribution is 2.33. The van der Waals surface area contributed by atoms with E-state index < -0.39 is 5.92 Å². The Morgan fingerprint density at radius 3 is 2.32 bits per heavy atom. The Morgan fingerprint density at radius 1 is 0.964 bits per heavy atom. The van der Waals surface area contributed by atoms with E-state index in [1.165, 1.54) is 5.56 Å². The van der Waals surface area contributed by atoms with Crippen LogP contribution >= 0.6 is 0 Å². The molecule has 1 aliphatic rings. The fourth-order valence-electron chi connectivity index (χ4n) is 3.22. The third-order valence-corrected chi connectivity index (χ3v) is 4.69. The maximum absolute atomic E-state index is 12.8. The third kappa shape index (κ3) is 3.88. The molecule has 0 radical (unpaired) electrons. The van der Waals surface area contributed by atoms with Gasteiger partial charge < -0.3 is 15.4 Å². The fourth-order valence-corrected chi connectivity index (χ4v) is 3.22. The molecule has 0 unspecified atom stereocenters. The first-order valence-electron chi connectivity index (χ1n) is 9.13. The van der Waals surface area contributed by atoms with E-state index in [4.69, 9.17) is 4.74 Å². The molecule has 0 bridgehead atoms. The summed E-state index contributed by atoms with van der Waals surface area (Å²) in [5.41, 5.74) is 3.35. The van der Waals surface area contributed by atoms with E-state index in [0.717, 1.165) is 11.3 Å². The number of benzene rings is 3. The highest BCUT2D eigenvalue weighted by atomic mass is 16.5. The van der Waals surface area contributed by atoms with Crippen molar-refractivity contribution in [1.82, 2.24) is 0 Å². The SMILES string of the molecule is Cc1ccc(Oc2ccc(NC(=O)[C@@H]3CC(=O)Nc4ccccc43)cc2)cc1. The van der Waals surface area contributed by atoms with E-state index in [2.05, 4.69) is 10.6 Å². The monoisotopic (exact) mass is 372 g/mol. The number of para-hydroxylation sites is 1. The van der Waals surface area contributed by atoms with E-state index in [9.17, 15) is 9.59 Å². The molecule has 0 spiro atoms. The number of carbonyl (C=O) groups is 2. The molecule has 3 aromatic rings. The number of fused-ring (bicyclic) bond motifs is 1. The molecule has 0 aromatic heterocycles. The highest BCUT2D eigenvalue weighted by molar-refractivity contribution is 6.05. The van der Waals surface area contributed by atoms with Gasteiger partial charge in [0.2, 0.25) is 11.8 Å². The molecule has 5 nitrogen and oxygen atoms in total. The second kappa shape index (κ2) is 7.56. The van der Waals surface area contributed by atoms with E-state index in [-0.39, 0.29) is 18.2 Å². The normalized spacial score (nSPS) is 15.3. The molecule has 1 atom stereocenters. The lowest BCUT2D eigenvalue weighted by molar-refractivity contribution is -0.123. The number of hydrogen-bond donors (Lipinski definition) is 2. The van der Waals surface area contributed by atoms with Crippen LogP contribution in [0.1, 0.15) is 23.5 Å². The minimum Gasteiger partial charge on any atom is -0.457 e. The predicted molar refractivity (Wildman–Crippen MR) is 109 cm³/mol. The van der Waals surface area contributed by atoms with Crippen molar-refractivity contribution in [3.8, 4) is 11.5 Å². The number of carbonyl (C=O) groups excluding carboxylic acids is 2. The maximum atomic E-state index is 12.8. The fraction of sp³-hybridized carbons (Fsp3) is 0.130. The molecule has 5 heteroatoms.